The maximum absolute atomic E-state index is 10.2. The minimum Gasteiger partial charge on any atom is -0.481 e. The van der Waals surface area contributed by atoms with Crippen LogP contribution in [0.1, 0.15) is 6.42 Å². The second-order valence-corrected chi connectivity index (χ2v) is 1.85. The maximum atomic E-state index is 10.2. The number of nitrogens with zero attached hydrogens (tertiary/aromatic N) is 3. The van der Waals surface area contributed by atoms with Gasteiger partial charge in [0.25, 0.3) is 0 Å². The molecule has 0 amide bonds. The fraction of sp³-hybridized carbons (Fsp3) is 0.600. The van der Waals surface area contributed by atoms with Crippen molar-refractivity contribution in [3.8, 4) is 0 Å². The average molecular weight is 156 g/mol. The van der Waals surface area contributed by atoms with Crippen molar-refractivity contribution in [1.29, 1.82) is 5.41 Å². The van der Waals surface area contributed by atoms with E-state index < -0.39 is 11.9 Å². The van der Waals surface area contributed by atoms with Crippen LogP contribution in [-0.2, 0) is 4.79 Å². The van der Waals surface area contributed by atoms with Gasteiger partial charge in [0.1, 0.15) is 0 Å². The van der Waals surface area contributed by atoms with Crippen LogP contribution in [0.3, 0.4) is 0 Å². The van der Waals surface area contributed by atoms with Gasteiger partial charge in [-0.1, -0.05) is 5.11 Å². The summed E-state index contributed by atoms with van der Waals surface area (Å²) < 4.78 is 0. The van der Waals surface area contributed by atoms with E-state index >= 15 is 0 Å². The van der Waals surface area contributed by atoms with E-state index in [1.165, 1.54) is 0 Å². The van der Waals surface area contributed by atoms with Crippen molar-refractivity contribution >= 4 is 12.2 Å². The number of azide groups is 1. The topological polar surface area (TPSA) is 110 Å². The van der Waals surface area contributed by atoms with Gasteiger partial charge in [0, 0.05) is 17.7 Å². The Labute approximate surface area is 63.0 Å². The van der Waals surface area contributed by atoms with Crippen molar-refractivity contribution in [3.63, 3.8) is 0 Å². The van der Waals surface area contributed by atoms with Crippen LogP contribution in [0, 0.1) is 11.3 Å². The summed E-state index contributed by atoms with van der Waals surface area (Å²) in [6.07, 6.45) is 1.01. The van der Waals surface area contributed by atoms with E-state index in [0.29, 0.717) is 0 Å². The lowest BCUT2D eigenvalue weighted by molar-refractivity contribution is -0.139. The molecular formula is C5H8N4O2. The Hall–Kier alpha value is -1.55. The summed E-state index contributed by atoms with van der Waals surface area (Å²) in [5, 5.41) is 18.2. The summed E-state index contributed by atoms with van der Waals surface area (Å²) in [5.74, 6) is -1.89. The molecular weight excluding hydrogens is 148 g/mol. The monoisotopic (exact) mass is 156 g/mol. The van der Waals surface area contributed by atoms with Crippen LogP contribution in [-0.4, -0.2) is 23.8 Å². The number of hydrogen-bond donors (Lipinski definition) is 2. The summed E-state index contributed by atoms with van der Waals surface area (Å²) in [4.78, 5) is 12.7. The summed E-state index contributed by atoms with van der Waals surface area (Å²) in [6.45, 7) is 0.114. The largest absolute Gasteiger partial charge is 0.481 e. The van der Waals surface area contributed by atoms with Crippen LogP contribution in [0.5, 0.6) is 0 Å². The fourth-order valence-electron chi connectivity index (χ4n) is 0.520. The Bertz CT molecular complexity index is 197. The molecule has 1 atom stereocenters. The number of carbonyl (C=O) groups is 1. The van der Waals surface area contributed by atoms with Crippen LogP contribution in [0.4, 0.5) is 0 Å². The Balaban J connectivity index is 3.78. The standard InChI is InChI=1S/C5H8N4O2/c6-3-4(5(10)11)1-2-8-9-7/h3-4,6H,1-2H2,(H,10,11). The van der Waals surface area contributed by atoms with E-state index in [4.69, 9.17) is 16.0 Å². The second kappa shape index (κ2) is 5.25. The normalized spacial score (nSPS) is 11.3. The zero-order valence-corrected chi connectivity index (χ0v) is 5.77. The molecule has 0 bridgehead atoms. The third-order valence-electron chi connectivity index (χ3n) is 1.12. The first-order valence-electron chi connectivity index (χ1n) is 2.96. The zero-order chi connectivity index (χ0) is 8.69. The molecule has 0 heterocycles. The predicted octanol–water partition coefficient (Wildman–Crippen LogP) is 1.04. The maximum Gasteiger partial charge on any atom is 0.311 e. The highest BCUT2D eigenvalue weighted by molar-refractivity contribution is 5.87. The lowest BCUT2D eigenvalue weighted by Crippen LogP contribution is -2.15. The number of carboxylic acids is 1. The van der Waals surface area contributed by atoms with Crippen LogP contribution >= 0.6 is 0 Å². The predicted molar refractivity (Wildman–Crippen MR) is 38.5 cm³/mol. The Kier molecular flexibility index (Phi) is 4.51. The van der Waals surface area contributed by atoms with E-state index in [-0.39, 0.29) is 13.0 Å². The third kappa shape index (κ3) is 3.94. The minimum absolute atomic E-state index is 0.114. The second-order valence-electron chi connectivity index (χ2n) is 1.85. The molecule has 0 aromatic rings. The van der Waals surface area contributed by atoms with Crippen LogP contribution < -0.4 is 0 Å². The molecule has 0 aromatic heterocycles. The average Bonchev–Trinajstić information content (AvgIpc) is 1.97. The molecule has 0 saturated heterocycles. The van der Waals surface area contributed by atoms with Gasteiger partial charge in [-0.2, -0.15) is 0 Å². The van der Waals surface area contributed by atoms with Gasteiger partial charge in [0.15, 0.2) is 0 Å². The molecule has 0 rings (SSSR count). The fourth-order valence-corrected chi connectivity index (χ4v) is 0.520. The van der Waals surface area contributed by atoms with Gasteiger partial charge in [0.05, 0.1) is 5.92 Å². The van der Waals surface area contributed by atoms with Gasteiger partial charge in [-0.3, -0.25) is 4.79 Å². The molecule has 6 heteroatoms. The van der Waals surface area contributed by atoms with E-state index in [1.807, 2.05) is 0 Å². The number of carboxylic acid groups (broad SMARTS) is 1. The van der Waals surface area contributed by atoms with Crippen molar-refractivity contribution in [1.82, 2.24) is 0 Å². The third-order valence-corrected chi connectivity index (χ3v) is 1.12. The molecule has 1 unspecified atom stereocenters. The van der Waals surface area contributed by atoms with Gasteiger partial charge >= 0.3 is 5.97 Å². The molecule has 0 aliphatic heterocycles. The highest BCUT2D eigenvalue weighted by atomic mass is 16.4. The Morgan fingerprint density at radius 1 is 1.91 bits per heavy atom. The van der Waals surface area contributed by atoms with Crippen molar-refractivity contribution < 1.29 is 9.90 Å². The number of rotatable bonds is 5. The van der Waals surface area contributed by atoms with Gasteiger partial charge < -0.3 is 10.5 Å². The van der Waals surface area contributed by atoms with E-state index in [9.17, 15) is 4.79 Å². The Morgan fingerprint density at radius 2 is 2.55 bits per heavy atom. The quantitative estimate of drug-likeness (QED) is 0.268. The van der Waals surface area contributed by atoms with E-state index in [2.05, 4.69) is 10.0 Å². The zero-order valence-electron chi connectivity index (χ0n) is 5.77. The minimum atomic E-state index is -1.06. The summed E-state index contributed by atoms with van der Waals surface area (Å²) in [6, 6.07) is 0. The molecule has 0 aromatic carbocycles. The molecule has 0 saturated carbocycles. The van der Waals surface area contributed by atoms with Crippen molar-refractivity contribution in [2.75, 3.05) is 6.54 Å². The summed E-state index contributed by atoms with van der Waals surface area (Å²) in [7, 11) is 0. The molecule has 60 valence electrons. The van der Waals surface area contributed by atoms with Gasteiger partial charge in [-0.05, 0) is 12.0 Å². The van der Waals surface area contributed by atoms with Gasteiger partial charge in [-0.25, -0.2) is 0 Å². The molecule has 0 spiro atoms. The van der Waals surface area contributed by atoms with E-state index in [1.54, 1.807) is 0 Å². The first-order valence-corrected chi connectivity index (χ1v) is 2.96. The number of hydrogen-bond acceptors (Lipinski definition) is 3. The van der Waals surface area contributed by atoms with E-state index in [0.717, 1.165) is 6.21 Å². The van der Waals surface area contributed by atoms with Crippen molar-refractivity contribution in [2.45, 2.75) is 6.42 Å². The summed E-state index contributed by atoms with van der Waals surface area (Å²) in [5.41, 5.74) is 7.84. The molecule has 11 heavy (non-hydrogen) atoms. The lowest BCUT2D eigenvalue weighted by Gasteiger charge is -2.00. The molecule has 0 aliphatic carbocycles. The van der Waals surface area contributed by atoms with Gasteiger partial charge in [-0.15, -0.1) is 0 Å². The molecule has 0 radical (unpaired) electrons. The first kappa shape index (κ1) is 9.45. The molecule has 0 aliphatic rings. The SMILES string of the molecule is [N-]=[N+]=NCCC(C=N)C(=O)O. The molecule has 6 nitrogen and oxygen atoms in total. The van der Waals surface area contributed by atoms with Crippen LogP contribution in [0.2, 0.25) is 0 Å². The highest BCUT2D eigenvalue weighted by Crippen LogP contribution is 1.99. The van der Waals surface area contributed by atoms with Crippen molar-refractivity contribution in [2.24, 2.45) is 11.0 Å². The molecule has 2 N–H and O–H groups in total. The number of aliphatic carboxylic acids is 1. The molecule has 0 fully saturated rings. The van der Waals surface area contributed by atoms with Crippen LogP contribution in [0.15, 0.2) is 5.11 Å². The lowest BCUT2D eigenvalue weighted by atomic mass is 10.1. The first-order chi connectivity index (χ1) is 5.22. The smallest absolute Gasteiger partial charge is 0.311 e. The van der Waals surface area contributed by atoms with Crippen LogP contribution in [0.25, 0.3) is 10.4 Å². The highest BCUT2D eigenvalue weighted by Gasteiger charge is 2.12. The summed E-state index contributed by atoms with van der Waals surface area (Å²) >= 11 is 0. The number of nitrogens with one attached hydrogen (secondary N) is 1. The van der Waals surface area contributed by atoms with Gasteiger partial charge in [0.2, 0.25) is 0 Å². The van der Waals surface area contributed by atoms with Crippen molar-refractivity contribution in [3.05, 3.63) is 10.4 Å². The Morgan fingerprint density at radius 3 is 2.91 bits per heavy atom.